The van der Waals surface area contributed by atoms with E-state index in [0.29, 0.717) is 5.56 Å². The van der Waals surface area contributed by atoms with Crippen LogP contribution in [-0.4, -0.2) is 26.2 Å². The van der Waals surface area contributed by atoms with E-state index in [-0.39, 0.29) is 5.97 Å². The Morgan fingerprint density at radius 3 is 1.81 bits per heavy atom. The summed E-state index contributed by atoms with van der Waals surface area (Å²) in [5.74, 6) is -0.302. The first-order valence-electron chi connectivity index (χ1n) is 11.2. The van der Waals surface area contributed by atoms with Crippen molar-refractivity contribution in [1.29, 1.82) is 0 Å². The van der Waals surface area contributed by atoms with Crippen LogP contribution in [-0.2, 0) is 4.74 Å². The minimum atomic E-state index is -0.302. The summed E-state index contributed by atoms with van der Waals surface area (Å²) in [7, 11) is 1.42. The molecule has 0 amide bonds. The SMILES string of the molecule is COC(=O)c1cccc(N(CC=C(C)CCC=C(C)C)CC=C(C)CCC=C(C)C)c1. The topological polar surface area (TPSA) is 29.5 Å². The molecule has 0 aromatic heterocycles. The van der Waals surface area contributed by atoms with Gasteiger partial charge in [0.15, 0.2) is 0 Å². The summed E-state index contributed by atoms with van der Waals surface area (Å²) in [6.45, 7) is 14.6. The second-order valence-corrected chi connectivity index (χ2v) is 8.69. The van der Waals surface area contributed by atoms with Gasteiger partial charge in [-0.3, -0.25) is 0 Å². The van der Waals surface area contributed by atoms with Crippen molar-refractivity contribution in [2.75, 3.05) is 25.1 Å². The van der Waals surface area contributed by atoms with Crippen LogP contribution in [0.15, 0.2) is 70.9 Å². The summed E-state index contributed by atoms with van der Waals surface area (Å²) in [4.78, 5) is 14.3. The molecule has 0 radical (unpaired) electrons. The summed E-state index contributed by atoms with van der Waals surface area (Å²) in [6, 6.07) is 7.70. The number of esters is 1. The lowest BCUT2D eigenvalue weighted by Crippen LogP contribution is -2.24. The monoisotopic (exact) mass is 423 g/mol. The zero-order valence-corrected chi connectivity index (χ0v) is 20.6. The van der Waals surface area contributed by atoms with Gasteiger partial charge in [0.05, 0.1) is 12.7 Å². The molecule has 0 unspecified atom stereocenters. The highest BCUT2D eigenvalue weighted by Gasteiger charge is 2.10. The Hall–Kier alpha value is -2.55. The molecule has 3 nitrogen and oxygen atoms in total. The van der Waals surface area contributed by atoms with Crippen molar-refractivity contribution in [3.63, 3.8) is 0 Å². The summed E-state index contributed by atoms with van der Waals surface area (Å²) in [5.41, 5.74) is 7.11. The number of rotatable bonds is 12. The highest BCUT2D eigenvalue weighted by Crippen LogP contribution is 2.19. The zero-order chi connectivity index (χ0) is 23.2. The molecule has 0 heterocycles. The van der Waals surface area contributed by atoms with Gasteiger partial charge in [0.25, 0.3) is 0 Å². The van der Waals surface area contributed by atoms with Gasteiger partial charge in [-0.05, 0) is 85.4 Å². The van der Waals surface area contributed by atoms with Crippen molar-refractivity contribution >= 4 is 11.7 Å². The van der Waals surface area contributed by atoms with Crippen molar-refractivity contribution in [1.82, 2.24) is 0 Å². The molecule has 1 rings (SSSR count). The quantitative estimate of drug-likeness (QED) is 0.255. The van der Waals surface area contributed by atoms with Gasteiger partial charge < -0.3 is 9.64 Å². The van der Waals surface area contributed by atoms with Crippen molar-refractivity contribution in [2.45, 2.75) is 67.2 Å². The maximum Gasteiger partial charge on any atom is 0.337 e. The Kier molecular flexibility index (Phi) is 12.3. The molecule has 0 N–H and O–H groups in total. The number of hydrogen-bond donors (Lipinski definition) is 0. The van der Waals surface area contributed by atoms with E-state index in [0.717, 1.165) is 44.5 Å². The molecule has 0 aliphatic heterocycles. The number of methoxy groups -OCH3 is 1. The number of anilines is 1. The van der Waals surface area contributed by atoms with Crippen molar-refractivity contribution in [3.8, 4) is 0 Å². The van der Waals surface area contributed by atoms with Gasteiger partial charge in [-0.15, -0.1) is 0 Å². The Labute approximate surface area is 190 Å². The third-order valence-electron chi connectivity index (χ3n) is 5.14. The molecule has 3 heteroatoms. The second-order valence-electron chi connectivity index (χ2n) is 8.69. The van der Waals surface area contributed by atoms with Crippen LogP contribution in [0.5, 0.6) is 0 Å². The summed E-state index contributed by atoms with van der Waals surface area (Å²) >= 11 is 0. The fourth-order valence-electron chi connectivity index (χ4n) is 3.15. The number of benzene rings is 1. The van der Waals surface area contributed by atoms with Crippen LogP contribution in [0.2, 0.25) is 0 Å². The second kappa shape index (κ2) is 14.5. The van der Waals surface area contributed by atoms with Crippen LogP contribution < -0.4 is 4.90 Å². The third-order valence-corrected chi connectivity index (χ3v) is 5.14. The van der Waals surface area contributed by atoms with Gasteiger partial charge in [-0.1, -0.05) is 52.7 Å². The molecule has 1 aromatic rings. The van der Waals surface area contributed by atoms with Gasteiger partial charge in [-0.2, -0.15) is 0 Å². The van der Waals surface area contributed by atoms with Crippen LogP contribution in [0.1, 0.15) is 77.6 Å². The van der Waals surface area contributed by atoms with E-state index in [1.807, 2.05) is 12.1 Å². The Balaban J connectivity index is 2.98. The molecule has 0 atom stereocenters. The van der Waals surface area contributed by atoms with E-state index in [9.17, 15) is 4.79 Å². The first kappa shape index (κ1) is 26.5. The molecule has 1 aromatic carbocycles. The van der Waals surface area contributed by atoms with E-state index in [4.69, 9.17) is 4.74 Å². The minimum Gasteiger partial charge on any atom is -0.465 e. The van der Waals surface area contributed by atoms with E-state index < -0.39 is 0 Å². The first-order valence-corrected chi connectivity index (χ1v) is 11.2. The number of allylic oxidation sites excluding steroid dienone is 6. The smallest absolute Gasteiger partial charge is 0.337 e. The normalized spacial score (nSPS) is 11.7. The molecule has 31 heavy (non-hydrogen) atoms. The lowest BCUT2D eigenvalue weighted by molar-refractivity contribution is 0.0601. The summed E-state index contributed by atoms with van der Waals surface area (Å²) in [5, 5.41) is 0. The van der Waals surface area contributed by atoms with Crippen LogP contribution in [0, 0.1) is 0 Å². The maximum atomic E-state index is 12.0. The van der Waals surface area contributed by atoms with Crippen molar-refractivity contribution in [2.24, 2.45) is 0 Å². The average molecular weight is 424 g/mol. The zero-order valence-electron chi connectivity index (χ0n) is 20.6. The number of hydrogen-bond acceptors (Lipinski definition) is 3. The van der Waals surface area contributed by atoms with E-state index in [1.54, 1.807) is 6.07 Å². The van der Waals surface area contributed by atoms with Crippen LogP contribution in [0.3, 0.4) is 0 Å². The Bertz CT molecular complexity index is 779. The predicted octanol–water partition coefficient (Wildman–Crippen LogP) is 7.67. The Morgan fingerprint density at radius 1 is 0.839 bits per heavy atom. The van der Waals surface area contributed by atoms with Crippen molar-refractivity contribution in [3.05, 3.63) is 76.4 Å². The molecular formula is C28H41NO2. The molecule has 0 fully saturated rings. The van der Waals surface area contributed by atoms with Gasteiger partial charge >= 0.3 is 5.97 Å². The summed E-state index contributed by atoms with van der Waals surface area (Å²) < 4.78 is 4.90. The fourth-order valence-corrected chi connectivity index (χ4v) is 3.15. The first-order chi connectivity index (χ1) is 14.7. The average Bonchev–Trinajstić information content (AvgIpc) is 2.72. The number of nitrogens with zero attached hydrogens (tertiary/aromatic N) is 1. The largest absolute Gasteiger partial charge is 0.465 e. The summed E-state index contributed by atoms with van der Waals surface area (Å²) in [6.07, 6.45) is 13.5. The highest BCUT2D eigenvalue weighted by molar-refractivity contribution is 5.90. The van der Waals surface area contributed by atoms with Crippen LogP contribution in [0.4, 0.5) is 5.69 Å². The van der Waals surface area contributed by atoms with Gasteiger partial charge in [0, 0.05) is 18.8 Å². The van der Waals surface area contributed by atoms with Gasteiger partial charge in [-0.25, -0.2) is 4.79 Å². The lowest BCUT2D eigenvalue weighted by Gasteiger charge is -2.23. The van der Waals surface area contributed by atoms with E-state index in [2.05, 4.69) is 76.8 Å². The molecule has 0 saturated carbocycles. The van der Waals surface area contributed by atoms with Crippen LogP contribution >= 0.6 is 0 Å². The van der Waals surface area contributed by atoms with Gasteiger partial charge in [0.2, 0.25) is 0 Å². The highest BCUT2D eigenvalue weighted by atomic mass is 16.5. The van der Waals surface area contributed by atoms with Crippen LogP contribution in [0.25, 0.3) is 0 Å². The van der Waals surface area contributed by atoms with Gasteiger partial charge in [0.1, 0.15) is 0 Å². The maximum absolute atomic E-state index is 12.0. The standard InChI is InChI=1S/C28H41NO2/c1-22(2)11-8-13-24(5)17-19-29(20-18-25(6)14-9-12-23(3)4)27-16-10-15-26(21-27)28(30)31-7/h10-12,15-18,21H,8-9,13-14,19-20H2,1-7H3. The number of carbonyl (C=O) groups excluding carboxylic acids is 1. The molecule has 0 saturated heterocycles. The molecule has 0 spiro atoms. The lowest BCUT2D eigenvalue weighted by atomic mass is 10.1. The Morgan fingerprint density at radius 2 is 1.35 bits per heavy atom. The van der Waals surface area contributed by atoms with E-state index in [1.165, 1.54) is 29.4 Å². The number of ether oxygens (including phenoxy) is 1. The molecule has 170 valence electrons. The fraction of sp³-hybridized carbons (Fsp3) is 0.464. The minimum absolute atomic E-state index is 0.302. The third kappa shape index (κ3) is 11.4. The predicted molar refractivity (Wildman–Crippen MR) is 135 cm³/mol. The molecule has 0 aliphatic rings. The van der Waals surface area contributed by atoms with Crippen molar-refractivity contribution < 1.29 is 9.53 Å². The molecular weight excluding hydrogens is 382 g/mol. The van der Waals surface area contributed by atoms with E-state index >= 15 is 0 Å². The number of carbonyl (C=O) groups is 1. The molecule has 0 aliphatic carbocycles. The molecule has 0 bridgehead atoms.